The van der Waals surface area contributed by atoms with Crippen molar-refractivity contribution in [1.82, 2.24) is 5.32 Å². The predicted octanol–water partition coefficient (Wildman–Crippen LogP) is 4.07. The number of halogens is 1. The lowest BCUT2D eigenvalue weighted by Gasteiger charge is -2.44. The summed E-state index contributed by atoms with van der Waals surface area (Å²) >= 11 is 3.49. The van der Waals surface area contributed by atoms with Gasteiger partial charge in [-0.1, -0.05) is 41.9 Å². The van der Waals surface area contributed by atoms with Gasteiger partial charge >= 0.3 is 0 Å². The van der Waals surface area contributed by atoms with Crippen LogP contribution in [0.25, 0.3) is 0 Å². The molecule has 1 saturated carbocycles. The molecule has 2 heteroatoms. The van der Waals surface area contributed by atoms with Gasteiger partial charge in [0.15, 0.2) is 0 Å². The molecule has 1 N–H and O–H groups in total. The van der Waals surface area contributed by atoms with Gasteiger partial charge in [-0.05, 0) is 49.4 Å². The molecule has 0 heterocycles. The van der Waals surface area contributed by atoms with E-state index in [0.29, 0.717) is 5.92 Å². The van der Waals surface area contributed by atoms with Crippen molar-refractivity contribution in [2.75, 3.05) is 6.54 Å². The van der Waals surface area contributed by atoms with Crippen molar-refractivity contribution in [3.8, 4) is 0 Å². The standard InChI is InChI=1S/C14H20BrN/c1-11(2)10-16-14(8-3-9-14)12-4-6-13(15)7-5-12/h4-7,11,16H,3,8-10H2,1-2H3. The topological polar surface area (TPSA) is 12.0 Å². The van der Waals surface area contributed by atoms with E-state index in [2.05, 4.69) is 59.4 Å². The molecule has 0 amide bonds. The second kappa shape index (κ2) is 4.89. The molecule has 0 bridgehead atoms. The van der Waals surface area contributed by atoms with Crippen molar-refractivity contribution in [2.24, 2.45) is 5.92 Å². The SMILES string of the molecule is CC(C)CNC1(c2ccc(Br)cc2)CCC1. The Morgan fingerprint density at radius 2 is 1.88 bits per heavy atom. The fourth-order valence-corrected chi connectivity index (χ4v) is 2.53. The van der Waals surface area contributed by atoms with E-state index in [9.17, 15) is 0 Å². The molecule has 0 saturated heterocycles. The average molecular weight is 282 g/mol. The maximum absolute atomic E-state index is 3.75. The summed E-state index contributed by atoms with van der Waals surface area (Å²) in [5, 5.41) is 3.75. The van der Waals surface area contributed by atoms with Crippen molar-refractivity contribution in [3.05, 3.63) is 34.3 Å². The highest BCUT2D eigenvalue weighted by Crippen LogP contribution is 2.41. The van der Waals surface area contributed by atoms with Crippen LogP contribution in [0.2, 0.25) is 0 Å². The molecule has 0 atom stereocenters. The van der Waals surface area contributed by atoms with Gasteiger partial charge in [-0.2, -0.15) is 0 Å². The largest absolute Gasteiger partial charge is 0.307 e. The third kappa shape index (κ3) is 2.49. The normalized spacial score (nSPS) is 18.5. The third-order valence-electron chi connectivity index (χ3n) is 3.45. The van der Waals surface area contributed by atoms with Gasteiger partial charge in [0, 0.05) is 10.0 Å². The van der Waals surface area contributed by atoms with E-state index in [0.717, 1.165) is 11.0 Å². The summed E-state index contributed by atoms with van der Waals surface area (Å²) < 4.78 is 1.16. The zero-order valence-electron chi connectivity index (χ0n) is 10.1. The Morgan fingerprint density at radius 3 is 2.31 bits per heavy atom. The van der Waals surface area contributed by atoms with E-state index < -0.39 is 0 Å². The minimum Gasteiger partial charge on any atom is -0.307 e. The minimum atomic E-state index is 0.269. The molecule has 0 spiro atoms. The smallest absolute Gasteiger partial charge is 0.0434 e. The van der Waals surface area contributed by atoms with Crippen molar-refractivity contribution >= 4 is 15.9 Å². The maximum atomic E-state index is 3.75. The summed E-state index contributed by atoms with van der Waals surface area (Å²) in [5.41, 5.74) is 1.72. The predicted molar refractivity (Wildman–Crippen MR) is 72.5 cm³/mol. The fourth-order valence-electron chi connectivity index (χ4n) is 2.27. The monoisotopic (exact) mass is 281 g/mol. The minimum absolute atomic E-state index is 0.269. The molecule has 88 valence electrons. The molecule has 1 fully saturated rings. The molecule has 16 heavy (non-hydrogen) atoms. The molecule has 1 aromatic rings. The van der Waals surface area contributed by atoms with Crippen molar-refractivity contribution in [3.63, 3.8) is 0 Å². The van der Waals surface area contributed by atoms with Gasteiger partial charge in [-0.3, -0.25) is 0 Å². The van der Waals surface area contributed by atoms with Crippen LogP contribution in [0.1, 0.15) is 38.7 Å². The van der Waals surface area contributed by atoms with Crippen LogP contribution in [0.5, 0.6) is 0 Å². The second-order valence-corrected chi connectivity index (χ2v) is 6.13. The fraction of sp³-hybridized carbons (Fsp3) is 0.571. The Morgan fingerprint density at radius 1 is 1.25 bits per heavy atom. The summed E-state index contributed by atoms with van der Waals surface area (Å²) in [6.45, 7) is 5.64. The van der Waals surface area contributed by atoms with Gasteiger partial charge in [0.2, 0.25) is 0 Å². The highest BCUT2D eigenvalue weighted by molar-refractivity contribution is 9.10. The first kappa shape index (κ1) is 12.1. The van der Waals surface area contributed by atoms with Crippen LogP contribution in [0.3, 0.4) is 0 Å². The van der Waals surface area contributed by atoms with Crippen LogP contribution in [0.4, 0.5) is 0 Å². The first-order valence-corrected chi connectivity index (χ1v) is 6.93. The van der Waals surface area contributed by atoms with E-state index in [1.165, 1.54) is 24.8 Å². The highest BCUT2D eigenvalue weighted by atomic mass is 79.9. The van der Waals surface area contributed by atoms with Crippen molar-refractivity contribution in [2.45, 2.75) is 38.6 Å². The summed E-state index contributed by atoms with van der Waals surface area (Å²) in [4.78, 5) is 0. The Labute approximate surface area is 107 Å². The van der Waals surface area contributed by atoms with Gasteiger partial charge in [0.1, 0.15) is 0 Å². The second-order valence-electron chi connectivity index (χ2n) is 5.22. The molecular formula is C14H20BrN. The first-order chi connectivity index (χ1) is 7.62. The Hall–Kier alpha value is -0.340. The van der Waals surface area contributed by atoms with E-state index >= 15 is 0 Å². The molecule has 0 aromatic heterocycles. The number of hydrogen-bond donors (Lipinski definition) is 1. The van der Waals surface area contributed by atoms with Crippen molar-refractivity contribution in [1.29, 1.82) is 0 Å². The van der Waals surface area contributed by atoms with Crippen LogP contribution in [0, 0.1) is 5.92 Å². The van der Waals surface area contributed by atoms with Crippen LogP contribution in [-0.2, 0) is 5.54 Å². The summed E-state index contributed by atoms with van der Waals surface area (Å²) in [7, 11) is 0. The lowest BCUT2D eigenvalue weighted by atomic mass is 9.71. The maximum Gasteiger partial charge on any atom is 0.0434 e. The zero-order valence-corrected chi connectivity index (χ0v) is 11.7. The summed E-state index contributed by atoms with van der Waals surface area (Å²) in [6.07, 6.45) is 3.91. The highest BCUT2D eigenvalue weighted by Gasteiger charge is 2.37. The molecule has 1 aliphatic carbocycles. The lowest BCUT2D eigenvalue weighted by Crippen LogP contribution is -2.49. The molecule has 0 unspecified atom stereocenters. The number of benzene rings is 1. The number of hydrogen-bond acceptors (Lipinski definition) is 1. The quantitative estimate of drug-likeness (QED) is 0.877. The Balaban J connectivity index is 2.11. The van der Waals surface area contributed by atoms with Crippen molar-refractivity contribution < 1.29 is 0 Å². The van der Waals surface area contributed by atoms with E-state index in [4.69, 9.17) is 0 Å². The molecule has 0 aliphatic heterocycles. The summed E-state index contributed by atoms with van der Waals surface area (Å²) in [5.74, 6) is 0.716. The van der Waals surface area contributed by atoms with E-state index in [-0.39, 0.29) is 5.54 Å². The van der Waals surface area contributed by atoms with Gasteiger partial charge < -0.3 is 5.32 Å². The Kier molecular flexibility index (Phi) is 3.70. The zero-order chi connectivity index (χ0) is 11.6. The molecule has 1 aliphatic rings. The van der Waals surface area contributed by atoms with Gasteiger partial charge in [-0.25, -0.2) is 0 Å². The van der Waals surface area contributed by atoms with Gasteiger partial charge in [0.05, 0.1) is 0 Å². The van der Waals surface area contributed by atoms with Gasteiger partial charge in [-0.15, -0.1) is 0 Å². The molecule has 0 radical (unpaired) electrons. The van der Waals surface area contributed by atoms with Gasteiger partial charge in [0.25, 0.3) is 0 Å². The summed E-state index contributed by atoms with van der Waals surface area (Å²) in [6, 6.07) is 8.78. The van der Waals surface area contributed by atoms with E-state index in [1.807, 2.05) is 0 Å². The number of rotatable bonds is 4. The van der Waals surface area contributed by atoms with Crippen LogP contribution in [0.15, 0.2) is 28.7 Å². The molecule has 1 aromatic carbocycles. The van der Waals surface area contributed by atoms with Crippen LogP contribution in [-0.4, -0.2) is 6.54 Å². The van der Waals surface area contributed by atoms with Crippen LogP contribution < -0.4 is 5.32 Å². The first-order valence-electron chi connectivity index (χ1n) is 6.13. The van der Waals surface area contributed by atoms with Crippen LogP contribution >= 0.6 is 15.9 Å². The average Bonchev–Trinajstić information content (AvgIpc) is 2.18. The van der Waals surface area contributed by atoms with E-state index in [1.54, 1.807) is 0 Å². The Bertz CT molecular complexity index is 338. The molecular weight excluding hydrogens is 262 g/mol. The number of nitrogens with one attached hydrogen (secondary N) is 1. The third-order valence-corrected chi connectivity index (χ3v) is 3.98. The molecule has 2 rings (SSSR count). The lowest BCUT2D eigenvalue weighted by molar-refractivity contribution is 0.179. The molecule has 1 nitrogen and oxygen atoms in total.